The summed E-state index contributed by atoms with van der Waals surface area (Å²) in [6.45, 7) is 6.31. The van der Waals surface area contributed by atoms with Crippen LogP contribution in [0.2, 0.25) is 0 Å². The van der Waals surface area contributed by atoms with Crippen molar-refractivity contribution in [3.05, 3.63) is 41.7 Å². The van der Waals surface area contributed by atoms with Gasteiger partial charge in [0.25, 0.3) is 0 Å². The Labute approximate surface area is 124 Å². The lowest BCUT2D eigenvalue weighted by Crippen LogP contribution is -2.13. The highest BCUT2D eigenvalue weighted by molar-refractivity contribution is 7.99. The average molecular weight is 288 g/mol. The summed E-state index contributed by atoms with van der Waals surface area (Å²) >= 11 is 1.82. The molecule has 2 rings (SSSR count). The number of nitrogens with zero attached hydrogens (tertiary/aromatic N) is 2. The summed E-state index contributed by atoms with van der Waals surface area (Å²) in [6, 6.07) is 10.1. The van der Waals surface area contributed by atoms with Crippen molar-refractivity contribution in [2.45, 2.75) is 31.8 Å². The fraction of sp³-hybridized carbons (Fsp3) is 0.333. The van der Waals surface area contributed by atoms with Gasteiger partial charge in [0.1, 0.15) is 11.6 Å². The maximum absolute atomic E-state index is 5.58. The third-order valence-corrected chi connectivity index (χ3v) is 4.01. The van der Waals surface area contributed by atoms with Crippen LogP contribution in [0.1, 0.15) is 25.2 Å². The average Bonchev–Trinajstić information content (AvgIpc) is 2.47. The minimum Gasteiger partial charge on any atom is -0.308 e. The van der Waals surface area contributed by atoms with Crippen LogP contribution in [0.25, 0.3) is 11.3 Å². The van der Waals surface area contributed by atoms with Gasteiger partial charge in [-0.25, -0.2) is 15.8 Å². The number of rotatable bonds is 5. The van der Waals surface area contributed by atoms with Crippen LogP contribution in [0.15, 0.2) is 30.3 Å². The second-order valence-electron chi connectivity index (χ2n) is 4.83. The molecule has 4 nitrogen and oxygen atoms in total. The fourth-order valence-corrected chi connectivity index (χ4v) is 2.50. The first-order chi connectivity index (χ1) is 9.61. The van der Waals surface area contributed by atoms with E-state index in [0.717, 1.165) is 28.4 Å². The summed E-state index contributed by atoms with van der Waals surface area (Å²) in [6.07, 6.45) is 0. The third kappa shape index (κ3) is 3.49. The molecule has 0 spiro atoms. The first-order valence-electron chi connectivity index (χ1n) is 6.63. The van der Waals surface area contributed by atoms with Gasteiger partial charge < -0.3 is 5.43 Å². The highest BCUT2D eigenvalue weighted by atomic mass is 32.2. The quantitative estimate of drug-likeness (QED) is 0.652. The topological polar surface area (TPSA) is 63.8 Å². The summed E-state index contributed by atoms with van der Waals surface area (Å²) in [5.41, 5.74) is 5.66. The van der Waals surface area contributed by atoms with Crippen LogP contribution in [0, 0.1) is 6.92 Å². The van der Waals surface area contributed by atoms with Gasteiger partial charge in [0.05, 0.1) is 11.4 Å². The minimum absolute atomic E-state index is 0.550. The number of benzene rings is 1. The second kappa shape index (κ2) is 6.72. The van der Waals surface area contributed by atoms with Crippen LogP contribution < -0.4 is 11.3 Å². The molecule has 0 aliphatic rings. The van der Waals surface area contributed by atoms with Gasteiger partial charge in [-0.1, -0.05) is 44.2 Å². The first-order valence-corrected chi connectivity index (χ1v) is 7.68. The molecule has 5 heteroatoms. The van der Waals surface area contributed by atoms with Crippen molar-refractivity contribution < 1.29 is 0 Å². The molecular formula is C15H20N4S. The number of aromatic nitrogens is 2. The molecule has 1 heterocycles. The molecule has 1 aromatic heterocycles. The van der Waals surface area contributed by atoms with Crippen molar-refractivity contribution in [2.75, 3.05) is 5.43 Å². The smallest absolute Gasteiger partial charge is 0.147 e. The van der Waals surface area contributed by atoms with Crippen molar-refractivity contribution in [2.24, 2.45) is 5.84 Å². The maximum atomic E-state index is 5.58. The maximum Gasteiger partial charge on any atom is 0.147 e. The normalized spacial score (nSPS) is 10.8. The number of nitrogens with two attached hydrogens (primary N) is 1. The number of thioether (sulfide) groups is 1. The van der Waals surface area contributed by atoms with Crippen LogP contribution >= 0.6 is 11.8 Å². The Bertz CT molecular complexity index is 570. The molecule has 1 aromatic carbocycles. The minimum atomic E-state index is 0.550. The van der Waals surface area contributed by atoms with Crippen LogP contribution in [-0.2, 0) is 5.75 Å². The molecule has 0 unspecified atom stereocenters. The van der Waals surface area contributed by atoms with E-state index in [1.807, 2.05) is 36.9 Å². The first kappa shape index (κ1) is 14.8. The summed E-state index contributed by atoms with van der Waals surface area (Å²) in [7, 11) is 0. The van der Waals surface area contributed by atoms with E-state index in [1.54, 1.807) is 0 Å². The number of nitrogens with one attached hydrogen (secondary N) is 1. The Morgan fingerprint density at radius 3 is 2.50 bits per heavy atom. The van der Waals surface area contributed by atoms with E-state index in [0.29, 0.717) is 11.1 Å². The lowest BCUT2D eigenvalue weighted by atomic mass is 10.1. The van der Waals surface area contributed by atoms with Crippen molar-refractivity contribution in [1.82, 2.24) is 9.97 Å². The van der Waals surface area contributed by atoms with Crippen LogP contribution in [-0.4, -0.2) is 15.2 Å². The zero-order valence-electron chi connectivity index (χ0n) is 12.1. The zero-order chi connectivity index (χ0) is 14.5. The van der Waals surface area contributed by atoms with Crippen molar-refractivity contribution >= 4 is 17.6 Å². The van der Waals surface area contributed by atoms with E-state index < -0.39 is 0 Å². The van der Waals surface area contributed by atoms with Gasteiger partial charge in [-0.15, -0.1) is 0 Å². The Morgan fingerprint density at radius 2 is 1.90 bits per heavy atom. The van der Waals surface area contributed by atoms with E-state index in [1.165, 1.54) is 0 Å². The molecule has 0 saturated carbocycles. The monoisotopic (exact) mass is 288 g/mol. The molecule has 0 aliphatic carbocycles. The lowest BCUT2D eigenvalue weighted by molar-refractivity contribution is 1.00. The Balaban J connectivity index is 2.42. The van der Waals surface area contributed by atoms with Crippen molar-refractivity contribution in [3.8, 4) is 11.3 Å². The zero-order valence-corrected chi connectivity index (χ0v) is 12.9. The number of hydrogen-bond donors (Lipinski definition) is 2. The third-order valence-electron chi connectivity index (χ3n) is 2.92. The van der Waals surface area contributed by atoms with E-state index >= 15 is 0 Å². The number of hydrogen-bond acceptors (Lipinski definition) is 5. The van der Waals surface area contributed by atoms with Gasteiger partial charge in [0, 0.05) is 11.1 Å². The second-order valence-corrected chi connectivity index (χ2v) is 6.40. The van der Waals surface area contributed by atoms with E-state index in [-0.39, 0.29) is 0 Å². The molecule has 0 radical (unpaired) electrons. The molecule has 0 bridgehead atoms. The molecule has 3 N–H and O–H groups in total. The largest absolute Gasteiger partial charge is 0.308 e. The summed E-state index contributed by atoms with van der Waals surface area (Å²) in [5.74, 6) is 7.86. The van der Waals surface area contributed by atoms with Crippen LogP contribution in [0.3, 0.4) is 0 Å². The molecule has 106 valence electrons. The predicted octanol–water partition coefficient (Wildman–Crippen LogP) is 3.38. The summed E-state index contributed by atoms with van der Waals surface area (Å²) in [5, 5.41) is 0.550. The van der Waals surface area contributed by atoms with Crippen molar-refractivity contribution in [3.63, 3.8) is 0 Å². The molecule has 20 heavy (non-hydrogen) atoms. The van der Waals surface area contributed by atoms with E-state index in [4.69, 9.17) is 10.8 Å². The highest BCUT2D eigenvalue weighted by Crippen LogP contribution is 2.26. The van der Waals surface area contributed by atoms with Crippen LogP contribution in [0.5, 0.6) is 0 Å². The molecule has 0 saturated heterocycles. The summed E-state index contributed by atoms with van der Waals surface area (Å²) in [4.78, 5) is 9.18. The van der Waals surface area contributed by atoms with Crippen molar-refractivity contribution in [1.29, 1.82) is 0 Å². The van der Waals surface area contributed by atoms with Gasteiger partial charge in [-0.3, -0.25) is 0 Å². The molecule has 0 aliphatic heterocycles. The standard InChI is InChI=1S/C15H20N4S/c1-10(2)20-9-13-17-14(11(3)15(18-13)19-16)12-7-5-4-6-8-12/h4-8,10H,9,16H2,1-3H3,(H,17,18,19). The van der Waals surface area contributed by atoms with Crippen LogP contribution in [0.4, 0.5) is 5.82 Å². The summed E-state index contributed by atoms with van der Waals surface area (Å²) < 4.78 is 0. The van der Waals surface area contributed by atoms with Gasteiger partial charge in [-0.2, -0.15) is 11.8 Å². The van der Waals surface area contributed by atoms with Gasteiger partial charge in [0.15, 0.2) is 0 Å². The van der Waals surface area contributed by atoms with E-state index in [2.05, 4.69) is 36.4 Å². The Hall–Kier alpha value is -1.59. The molecule has 0 amide bonds. The Kier molecular flexibility index (Phi) is 4.98. The number of hydrazine groups is 1. The molecule has 0 fully saturated rings. The number of nitrogen functional groups attached to an aromatic ring is 1. The van der Waals surface area contributed by atoms with E-state index in [9.17, 15) is 0 Å². The predicted molar refractivity (Wildman–Crippen MR) is 86.4 cm³/mol. The highest BCUT2D eigenvalue weighted by Gasteiger charge is 2.12. The van der Waals surface area contributed by atoms with Gasteiger partial charge in [0.2, 0.25) is 0 Å². The van der Waals surface area contributed by atoms with Gasteiger partial charge in [-0.05, 0) is 12.2 Å². The molecule has 2 aromatic rings. The molecular weight excluding hydrogens is 268 g/mol. The lowest BCUT2D eigenvalue weighted by Gasteiger charge is -2.12. The SMILES string of the molecule is Cc1c(NN)nc(CSC(C)C)nc1-c1ccccc1. The van der Waals surface area contributed by atoms with Gasteiger partial charge >= 0.3 is 0 Å². The Morgan fingerprint density at radius 1 is 1.20 bits per heavy atom. The molecule has 0 atom stereocenters. The number of anilines is 1. The fourth-order valence-electron chi connectivity index (χ4n) is 1.89.